The molecule has 24 heavy (non-hydrogen) atoms. The number of carbonyl (C=O) groups excluding carboxylic acids is 1. The Hall–Kier alpha value is -0.860. The Morgan fingerprint density at radius 2 is 1.46 bits per heavy atom. The fraction of sp³-hybridized carbons (Fsp3) is 0.667. The molecule has 0 fully saturated rings. The van der Waals surface area contributed by atoms with Gasteiger partial charge in [-0.25, -0.2) is 0 Å². The smallest absolute Gasteiger partial charge is 0.163 e. The summed E-state index contributed by atoms with van der Waals surface area (Å²) in [6.45, 7) is 6.35. The second-order valence-electron chi connectivity index (χ2n) is 6.68. The fourth-order valence-corrected chi connectivity index (χ4v) is 3.32. The van der Waals surface area contributed by atoms with Crippen LogP contribution in [-0.4, -0.2) is 5.78 Å². The quantitative estimate of drug-likeness (QED) is 0.243. The number of Topliss-reactive ketones (excluding diaryl/α,β-unsaturated/α-hetero) is 1. The molecule has 0 aromatic heterocycles. The van der Waals surface area contributed by atoms with Crippen LogP contribution in [0.2, 0.25) is 0 Å². The maximum Gasteiger partial charge on any atom is 0.163 e. The number of rotatable bonds is 12. The summed E-state index contributed by atoms with van der Waals surface area (Å²) in [4.78, 5) is 12.5. The van der Waals surface area contributed by atoms with Crippen LogP contribution in [0.4, 0.5) is 0 Å². The molecule has 0 aliphatic carbocycles. The van der Waals surface area contributed by atoms with Crippen LogP contribution in [0.15, 0.2) is 12.1 Å². The molecule has 1 rings (SSSR count). The molecule has 0 saturated heterocycles. The van der Waals surface area contributed by atoms with Gasteiger partial charge in [0, 0.05) is 17.9 Å². The molecule has 0 saturated carbocycles. The van der Waals surface area contributed by atoms with E-state index in [4.69, 9.17) is 11.6 Å². The molecule has 0 unspecified atom stereocenters. The maximum atomic E-state index is 12.5. The van der Waals surface area contributed by atoms with Gasteiger partial charge in [-0.05, 0) is 37.0 Å². The number of ketones is 1. The summed E-state index contributed by atoms with van der Waals surface area (Å²) >= 11 is 6.00. The molecule has 3 heteroatoms. The van der Waals surface area contributed by atoms with Crippen molar-refractivity contribution >= 4 is 17.4 Å². The van der Waals surface area contributed by atoms with E-state index in [1.807, 2.05) is 13.0 Å². The zero-order valence-corrected chi connectivity index (χ0v) is 16.7. The summed E-state index contributed by atoms with van der Waals surface area (Å²) in [7, 11) is 0. The molecule has 138 valence electrons. The summed E-state index contributed by atoms with van der Waals surface area (Å²) in [5.74, 6) is 0.685. The first kappa shape index (κ1) is 23.1. The lowest BCUT2D eigenvalue weighted by molar-refractivity contribution is 0.0977. The first-order chi connectivity index (χ1) is 11.1. The highest BCUT2D eigenvalue weighted by Crippen LogP contribution is 2.22. The van der Waals surface area contributed by atoms with Crippen molar-refractivity contribution in [1.29, 1.82) is 0 Å². The van der Waals surface area contributed by atoms with Crippen molar-refractivity contribution in [2.75, 3.05) is 0 Å². The normalized spacial score (nSPS) is 10.5. The van der Waals surface area contributed by atoms with Crippen molar-refractivity contribution in [3.8, 4) is 0 Å². The third-order valence-corrected chi connectivity index (χ3v) is 5.04. The SMILES string of the molecule is CCCCCCCCCCCC(=O)c1c(CCl)ccc(C)c1C.N. The first-order valence-corrected chi connectivity index (χ1v) is 9.83. The molecule has 0 aliphatic rings. The molecule has 2 nitrogen and oxygen atoms in total. The van der Waals surface area contributed by atoms with Crippen molar-refractivity contribution < 1.29 is 4.79 Å². The Bertz CT molecular complexity index is 485. The van der Waals surface area contributed by atoms with Gasteiger partial charge in [0.25, 0.3) is 0 Å². The van der Waals surface area contributed by atoms with Gasteiger partial charge in [-0.2, -0.15) is 0 Å². The molecule has 0 atom stereocenters. The van der Waals surface area contributed by atoms with Crippen LogP contribution in [0.1, 0.15) is 98.2 Å². The summed E-state index contributed by atoms with van der Waals surface area (Å²) in [6, 6.07) is 4.06. The highest BCUT2D eigenvalue weighted by atomic mass is 35.5. The van der Waals surface area contributed by atoms with E-state index < -0.39 is 0 Å². The number of hydrogen-bond donors (Lipinski definition) is 1. The minimum atomic E-state index is 0. The van der Waals surface area contributed by atoms with Gasteiger partial charge in [-0.15, -0.1) is 11.6 Å². The molecule has 0 amide bonds. The number of unbranched alkanes of at least 4 members (excludes halogenated alkanes) is 8. The molecule has 0 bridgehead atoms. The number of carbonyl (C=O) groups is 1. The average molecular weight is 354 g/mol. The van der Waals surface area contributed by atoms with Crippen LogP contribution < -0.4 is 6.15 Å². The van der Waals surface area contributed by atoms with Crippen molar-refractivity contribution in [2.45, 2.75) is 90.9 Å². The molecular weight excluding hydrogens is 318 g/mol. The number of aryl methyl sites for hydroxylation is 1. The Morgan fingerprint density at radius 3 is 2.00 bits per heavy atom. The van der Waals surface area contributed by atoms with E-state index in [0.29, 0.717) is 12.3 Å². The van der Waals surface area contributed by atoms with Gasteiger partial charge in [-0.3, -0.25) is 4.79 Å². The Labute approximate surface area is 154 Å². The highest BCUT2D eigenvalue weighted by molar-refractivity contribution is 6.18. The topological polar surface area (TPSA) is 52.1 Å². The standard InChI is InChI=1S/C21H33ClO.H3N/c1-4-5-6-7-8-9-10-11-12-13-20(23)21-18(3)17(2)14-15-19(21)16-22;/h14-15H,4-13,16H2,1-3H3;1H3. The van der Waals surface area contributed by atoms with Gasteiger partial charge < -0.3 is 6.15 Å². The van der Waals surface area contributed by atoms with E-state index in [2.05, 4.69) is 19.9 Å². The number of alkyl halides is 1. The van der Waals surface area contributed by atoms with Crippen LogP contribution in [0, 0.1) is 13.8 Å². The van der Waals surface area contributed by atoms with Crippen LogP contribution in [-0.2, 0) is 5.88 Å². The van der Waals surface area contributed by atoms with Gasteiger partial charge in [0.15, 0.2) is 5.78 Å². The third-order valence-electron chi connectivity index (χ3n) is 4.75. The second-order valence-corrected chi connectivity index (χ2v) is 6.94. The molecule has 0 aliphatic heterocycles. The molecule has 1 aromatic carbocycles. The summed E-state index contributed by atoms with van der Waals surface area (Å²) in [6.07, 6.45) is 12.2. The average Bonchev–Trinajstić information content (AvgIpc) is 2.55. The predicted octanol–water partition coefficient (Wildman–Crippen LogP) is 7.31. The minimum absolute atomic E-state index is 0. The number of halogens is 1. The molecule has 0 spiro atoms. The lowest BCUT2D eigenvalue weighted by Gasteiger charge is -2.12. The van der Waals surface area contributed by atoms with E-state index in [-0.39, 0.29) is 11.9 Å². The number of benzene rings is 1. The van der Waals surface area contributed by atoms with Crippen molar-refractivity contribution in [3.05, 3.63) is 34.4 Å². The van der Waals surface area contributed by atoms with Crippen molar-refractivity contribution in [3.63, 3.8) is 0 Å². The Kier molecular flexibility index (Phi) is 13.0. The van der Waals surface area contributed by atoms with Gasteiger partial charge in [-0.1, -0.05) is 70.4 Å². The van der Waals surface area contributed by atoms with Crippen LogP contribution in [0.25, 0.3) is 0 Å². The van der Waals surface area contributed by atoms with Gasteiger partial charge in [0.2, 0.25) is 0 Å². The second kappa shape index (κ2) is 13.4. The summed E-state index contributed by atoms with van der Waals surface area (Å²) in [5, 5.41) is 0. The lowest BCUT2D eigenvalue weighted by atomic mass is 9.93. The minimum Gasteiger partial charge on any atom is -0.344 e. The third kappa shape index (κ3) is 7.81. The Balaban J connectivity index is 0.00000529. The van der Waals surface area contributed by atoms with Crippen LogP contribution in [0.3, 0.4) is 0 Å². The van der Waals surface area contributed by atoms with Gasteiger partial charge in [0.05, 0.1) is 0 Å². The van der Waals surface area contributed by atoms with Crippen molar-refractivity contribution in [1.82, 2.24) is 6.15 Å². The van der Waals surface area contributed by atoms with E-state index in [1.165, 1.54) is 56.9 Å². The van der Waals surface area contributed by atoms with E-state index in [0.717, 1.165) is 23.1 Å². The Morgan fingerprint density at radius 1 is 0.917 bits per heavy atom. The van der Waals surface area contributed by atoms with Crippen LogP contribution in [0.5, 0.6) is 0 Å². The largest absolute Gasteiger partial charge is 0.344 e. The molecule has 3 N–H and O–H groups in total. The lowest BCUT2D eigenvalue weighted by Crippen LogP contribution is -2.07. The first-order valence-electron chi connectivity index (χ1n) is 9.30. The monoisotopic (exact) mass is 353 g/mol. The van der Waals surface area contributed by atoms with E-state index in [1.54, 1.807) is 0 Å². The molecule has 0 heterocycles. The fourth-order valence-electron chi connectivity index (χ4n) is 3.09. The van der Waals surface area contributed by atoms with E-state index in [9.17, 15) is 4.79 Å². The maximum absolute atomic E-state index is 12.5. The zero-order chi connectivity index (χ0) is 17.1. The highest BCUT2D eigenvalue weighted by Gasteiger charge is 2.14. The van der Waals surface area contributed by atoms with E-state index >= 15 is 0 Å². The van der Waals surface area contributed by atoms with Crippen LogP contribution >= 0.6 is 11.6 Å². The summed E-state index contributed by atoms with van der Waals surface area (Å²) in [5.41, 5.74) is 4.13. The molecular formula is C21H36ClNO. The number of hydrogen-bond acceptors (Lipinski definition) is 2. The zero-order valence-electron chi connectivity index (χ0n) is 15.9. The van der Waals surface area contributed by atoms with Crippen molar-refractivity contribution in [2.24, 2.45) is 0 Å². The molecule has 0 radical (unpaired) electrons. The summed E-state index contributed by atoms with van der Waals surface area (Å²) < 4.78 is 0. The molecule has 1 aromatic rings. The predicted molar refractivity (Wildman–Crippen MR) is 107 cm³/mol. The van der Waals surface area contributed by atoms with Gasteiger partial charge in [0.1, 0.15) is 0 Å². The van der Waals surface area contributed by atoms with Gasteiger partial charge >= 0.3 is 0 Å².